The number of benzene rings is 2. The molecule has 0 atom stereocenters. The van der Waals surface area contributed by atoms with Crippen molar-refractivity contribution in [3.05, 3.63) is 53.1 Å². The average Bonchev–Trinajstić information content (AvgIpc) is 2.21. The second-order valence-corrected chi connectivity index (χ2v) is 4.04. The molecule has 0 nitrogen and oxygen atoms in total. The second-order valence-electron chi connectivity index (χ2n) is 4.04. The first-order chi connectivity index (χ1) is 7.20. The van der Waals surface area contributed by atoms with Crippen molar-refractivity contribution in [3.8, 4) is 0 Å². The Balaban J connectivity index is 2.66. The maximum atomic E-state index is 2.26. The molecule has 2 rings (SSSR count). The van der Waals surface area contributed by atoms with Crippen LogP contribution in [0.4, 0.5) is 0 Å². The van der Waals surface area contributed by atoms with Crippen LogP contribution in [-0.2, 0) is 0 Å². The fourth-order valence-electron chi connectivity index (χ4n) is 1.84. The predicted octanol–water partition coefficient (Wildman–Crippen LogP) is 4.49. The SMILES string of the molecule is CC=Cc1ccc2cc(C)c(C)cc2c1. The van der Waals surface area contributed by atoms with Gasteiger partial charge in [0.15, 0.2) is 0 Å². The Morgan fingerprint density at radius 3 is 2.20 bits per heavy atom. The third-order valence-corrected chi connectivity index (χ3v) is 2.84. The lowest BCUT2D eigenvalue weighted by molar-refractivity contribution is 1.36. The van der Waals surface area contributed by atoms with Crippen LogP contribution in [0.25, 0.3) is 16.8 Å². The van der Waals surface area contributed by atoms with Crippen LogP contribution in [0, 0.1) is 13.8 Å². The monoisotopic (exact) mass is 196 g/mol. The zero-order valence-electron chi connectivity index (χ0n) is 9.54. The van der Waals surface area contributed by atoms with E-state index >= 15 is 0 Å². The standard InChI is InChI=1S/C15H16/c1-4-5-13-6-7-14-8-11(2)12(3)9-15(14)10-13/h4-10H,1-3H3. The first-order valence-corrected chi connectivity index (χ1v) is 5.34. The van der Waals surface area contributed by atoms with Crippen molar-refractivity contribution < 1.29 is 0 Å². The minimum atomic E-state index is 1.27. The fourth-order valence-corrected chi connectivity index (χ4v) is 1.84. The summed E-state index contributed by atoms with van der Waals surface area (Å²) in [4.78, 5) is 0. The molecular weight excluding hydrogens is 180 g/mol. The van der Waals surface area contributed by atoms with Gasteiger partial charge < -0.3 is 0 Å². The van der Waals surface area contributed by atoms with Crippen LogP contribution in [0.3, 0.4) is 0 Å². The van der Waals surface area contributed by atoms with Crippen LogP contribution < -0.4 is 0 Å². The summed E-state index contributed by atoms with van der Waals surface area (Å²) < 4.78 is 0. The number of aryl methyl sites for hydroxylation is 2. The Morgan fingerprint density at radius 1 is 0.867 bits per heavy atom. The van der Waals surface area contributed by atoms with Gasteiger partial charge in [0.2, 0.25) is 0 Å². The molecule has 0 unspecified atom stereocenters. The van der Waals surface area contributed by atoms with Gasteiger partial charge in [-0.15, -0.1) is 0 Å². The molecule has 2 aromatic rings. The molecule has 0 spiro atoms. The van der Waals surface area contributed by atoms with Crippen LogP contribution in [0.2, 0.25) is 0 Å². The summed E-state index contributed by atoms with van der Waals surface area (Å²) in [6, 6.07) is 11.1. The molecule has 0 aromatic heterocycles. The van der Waals surface area contributed by atoms with E-state index in [9.17, 15) is 0 Å². The lowest BCUT2D eigenvalue weighted by Gasteiger charge is -2.04. The van der Waals surface area contributed by atoms with E-state index in [0.717, 1.165) is 0 Å². The molecule has 15 heavy (non-hydrogen) atoms. The highest BCUT2D eigenvalue weighted by Crippen LogP contribution is 2.21. The number of hydrogen-bond acceptors (Lipinski definition) is 0. The van der Waals surface area contributed by atoms with Gasteiger partial charge in [-0.05, 0) is 54.3 Å². The highest BCUT2D eigenvalue weighted by molar-refractivity contribution is 5.86. The van der Waals surface area contributed by atoms with E-state index in [1.165, 1.54) is 27.5 Å². The molecule has 0 fully saturated rings. The Hall–Kier alpha value is -1.56. The molecule has 0 aliphatic heterocycles. The van der Waals surface area contributed by atoms with Crippen LogP contribution in [-0.4, -0.2) is 0 Å². The van der Waals surface area contributed by atoms with E-state index in [0.29, 0.717) is 0 Å². The number of fused-ring (bicyclic) bond motifs is 1. The molecule has 0 heterocycles. The molecule has 0 radical (unpaired) electrons. The summed E-state index contributed by atoms with van der Waals surface area (Å²) in [6.45, 7) is 6.37. The van der Waals surface area contributed by atoms with E-state index in [1.54, 1.807) is 0 Å². The van der Waals surface area contributed by atoms with Gasteiger partial charge in [0.25, 0.3) is 0 Å². The first-order valence-electron chi connectivity index (χ1n) is 5.34. The Morgan fingerprint density at radius 2 is 1.53 bits per heavy atom. The maximum Gasteiger partial charge on any atom is -0.0175 e. The average molecular weight is 196 g/mol. The third kappa shape index (κ3) is 1.94. The van der Waals surface area contributed by atoms with E-state index in [-0.39, 0.29) is 0 Å². The number of hydrogen-bond donors (Lipinski definition) is 0. The van der Waals surface area contributed by atoms with E-state index in [1.807, 2.05) is 6.92 Å². The Bertz CT molecular complexity index is 519. The molecule has 0 N–H and O–H groups in total. The Labute approximate surface area is 91.2 Å². The van der Waals surface area contributed by atoms with Crippen molar-refractivity contribution in [1.29, 1.82) is 0 Å². The highest BCUT2D eigenvalue weighted by atomic mass is 14.0. The van der Waals surface area contributed by atoms with Crippen molar-refractivity contribution >= 4 is 16.8 Å². The molecule has 76 valence electrons. The first kappa shape index (κ1) is 9.97. The minimum absolute atomic E-state index is 1.27. The molecule has 0 saturated heterocycles. The van der Waals surface area contributed by atoms with Crippen molar-refractivity contribution in [2.24, 2.45) is 0 Å². The second kappa shape index (κ2) is 3.90. The maximum absolute atomic E-state index is 2.26. The fraction of sp³-hybridized carbons (Fsp3) is 0.200. The van der Waals surface area contributed by atoms with Crippen molar-refractivity contribution in [1.82, 2.24) is 0 Å². The van der Waals surface area contributed by atoms with Crippen molar-refractivity contribution in [2.45, 2.75) is 20.8 Å². The summed E-state index contributed by atoms with van der Waals surface area (Å²) in [6.07, 6.45) is 4.21. The van der Waals surface area contributed by atoms with Crippen LogP contribution in [0.1, 0.15) is 23.6 Å². The van der Waals surface area contributed by atoms with Gasteiger partial charge in [0.1, 0.15) is 0 Å². The molecule has 0 aliphatic carbocycles. The lowest BCUT2D eigenvalue weighted by Crippen LogP contribution is -1.82. The normalized spacial score (nSPS) is 11.4. The van der Waals surface area contributed by atoms with E-state index in [2.05, 4.69) is 56.3 Å². The quantitative estimate of drug-likeness (QED) is 0.630. The summed E-state index contributed by atoms with van der Waals surface area (Å²) in [5, 5.41) is 2.65. The summed E-state index contributed by atoms with van der Waals surface area (Å²) in [7, 11) is 0. The van der Waals surface area contributed by atoms with E-state index < -0.39 is 0 Å². The molecule has 0 aliphatic rings. The molecule has 0 amide bonds. The third-order valence-electron chi connectivity index (χ3n) is 2.84. The Kier molecular flexibility index (Phi) is 2.59. The van der Waals surface area contributed by atoms with Gasteiger partial charge in [-0.2, -0.15) is 0 Å². The summed E-state index contributed by atoms with van der Waals surface area (Å²) in [5.41, 5.74) is 4.00. The molecule has 0 saturated carbocycles. The van der Waals surface area contributed by atoms with Gasteiger partial charge in [0, 0.05) is 0 Å². The molecule has 0 bridgehead atoms. The number of rotatable bonds is 1. The smallest absolute Gasteiger partial charge is 0.0175 e. The minimum Gasteiger partial charge on any atom is -0.0871 e. The molecular formula is C15H16. The van der Waals surface area contributed by atoms with Gasteiger partial charge in [-0.3, -0.25) is 0 Å². The number of allylic oxidation sites excluding steroid dienone is 1. The van der Waals surface area contributed by atoms with Crippen LogP contribution in [0.5, 0.6) is 0 Å². The zero-order chi connectivity index (χ0) is 10.8. The largest absolute Gasteiger partial charge is 0.0871 e. The van der Waals surface area contributed by atoms with Crippen LogP contribution >= 0.6 is 0 Å². The molecule has 0 heteroatoms. The zero-order valence-corrected chi connectivity index (χ0v) is 9.54. The van der Waals surface area contributed by atoms with Gasteiger partial charge in [0.05, 0.1) is 0 Å². The van der Waals surface area contributed by atoms with Crippen LogP contribution in [0.15, 0.2) is 36.4 Å². The van der Waals surface area contributed by atoms with Crippen molar-refractivity contribution in [3.63, 3.8) is 0 Å². The molecule has 2 aromatic carbocycles. The highest BCUT2D eigenvalue weighted by Gasteiger charge is 1.98. The lowest BCUT2D eigenvalue weighted by atomic mass is 10.0. The predicted molar refractivity (Wildman–Crippen MR) is 68.1 cm³/mol. The topological polar surface area (TPSA) is 0 Å². The van der Waals surface area contributed by atoms with Crippen molar-refractivity contribution in [2.75, 3.05) is 0 Å². The van der Waals surface area contributed by atoms with Gasteiger partial charge in [-0.1, -0.05) is 36.4 Å². The summed E-state index contributed by atoms with van der Waals surface area (Å²) in [5.74, 6) is 0. The summed E-state index contributed by atoms with van der Waals surface area (Å²) >= 11 is 0. The van der Waals surface area contributed by atoms with Gasteiger partial charge >= 0.3 is 0 Å². The van der Waals surface area contributed by atoms with E-state index in [4.69, 9.17) is 0 Å². The van der Waals surface area contributed by atoms with Gasteiger partial charge in [-0.25, -0.2) is 0 Å².